The number of hydrogen-bond acceptors (Lipinski definition) is 4. The Bertz CT molecular complexity index is 209. The minimum absolute atomic E-state index is 0.513. The average Bonchev–Trinajstić information content (AvgIpc) is 2.07. The fourth-order valence-electron chi connectivity index (χ4n) is 0.691. The first-order valence-electron chi connectivity index (χ1n) is 3.35. The van der Waals surface area contributed by atoms with Crippen LogP contribution < -0.4 is 5.73 Å². The van der Waals surface area contributed by atoms with E-state index in [9.17, 15) is 0 Å². The van der Waals surface area contributed by atoms with E-state index in [-0.39, 0.29) is 0 Å². The van der Waals surface area contributed by atoms with Gasteiger partial charge >= 0.3 is 0 Å². The molecule has 0 spiro atoms. The molecular formula is C7H11N3S. The molecule has 4 heteroatoms. The van der Waals surface area contributed by atoms with Gasteiger partial charge in [0.05, 0.1) is 5.75 Å². The summed E-state index contributed by atoms with van der Waals surface area (Å²) in [5.74, 6) is 1.74. The second-order valence-electron chi connectivity index (χ2n) is 2.14. The molecule has 0 unspecified atom stereocenters. The summed E-state index contributed by atoms with van der Waals surface area (Å²) < 4.78 is 0. The van der Waals surface area contributed by atoms with Crippen molar-refractivity contribution in [1.29, 1.82) is 0 Å². The smallest absolute Gasteiger partial charge is 0.138 e. The lowest BCUT2D eigenvalue weighted by Crippen LogP contribution is -2.00. The topological polar surface area (TPSA) is 51.8 Å². The highest BCUT2D eigenvalue weighted by Crippen LogP contribution is 2.02. The van der Waals surface area contributed by atoms with Crippen LogP contribution >= 0.6 is 11.8 Å². The fourth-order valence-corrected chi connectivity index (χ4v) is 1.10. The van der Waals surface area contributed by atoms with Crippen molar-refractivity contribution in [3.8, 4) is 0 Å². The summed E-state index contributed by atoms with van der Waals surface area (Å²) in [4.78, 5) is 8.25. The minimum atomic E-state index is 0.513. The van der Waals surface area contributed by atoms with Gasteiger partial charge in [0.25, 0.3) is 0 Å². The van der Waals surface area contributed by atoms with Gasteiger partial charge in [0.2, 0.25) is 0 Å². The second kappa shape index (κ2) is 4.31. The third-order valence-electron chi connectivity index (χ3n) is 1.27. The largest absolute Gasteiger partial charge is 0.326 e. The predicted molar refractivity (Wildman–Crippen MR) is 47.1 cm³/mol. The van der Waals surface area contributed by atoms with Crippen LogP contribution in [0.1, 0.15) is 11.4 Å². The molecule has 0 bridgehead atoms. The van der Waals surface area contributed by atoms with Crippen LogP contribution in [0.15, 0.2) is 12.4 Å². The molecule has 0 aliphatic carbocycles. The number of aromatic nitrogens is 2. The third-order valence-corrected chi connectivity index (χ3v) is 1.81. The van der Waals surface area contributed by atoms with Crippen molar-refractivity contribution in [3.05, 3.63) is 23.8 Å². The first kappa shape index (κ1) is 8.49. The summed E-state index contributed by atoms with van der Waals surface area (Å²) in [6.07, 6.45) is 5.58. The lowest BCUT2D eigenvalue weighted by atomic mass is 10.3. The van der Waals surface area contributed by atoms with Gasteiger partial charge in [-0.25, -0.2) is 9.97 Å². The normalized spacial score (nSPS) is 10.0. The molecule has 1 heterocycles. The van der Waals surface area contributed by atoms with Gasteiger partial charge in [0, 0.05) is 24.5 Å². The maximum atomic E-state index is 5.39. The summed E-state index contributed by atoms with van der Waals surface area (Å²) in [6.45, 7) is 0.513. The molecule has 1 aromatic rings. The van der Waals surface area contributed by atoms with Crippen molar-refractivity contribution in [1.82, 2.24) is 9.97 Å². The second-order valence-corrected chi connectivity index (χ2v) is 3.01. The Morgan fingerprint density at radius 2 is 2.09 bits per heavy atom. The minimum Gasteiger partial charge on any atom is -0.326 e. The Morgan fingerprint density at radius 1 is 1.45 bits per heavy atom. The monoisotopic (exact) mass is 169 g/mol. The van der Waals surface area contributed by atoms with Crippen molar-refractivity contribution in [2.24, 2.45) is 5.73 Å². The van der Waals surface area contributed by atoms with Crippen LogP contribution in [0.25, 0.3) is 0 Å². The van der Waals surface area contributed by atoms with E-state index in [1.165, 1.54) is 0 Å². The maximum Gasteiger partial charge on any atom is 0.138 e. The Labute approximate surface area is 70.4 Å². The molecular weight excluding hydrogens is 158 g/mol. The van der Waals surface area contributed by atoms with Crippen molar-refractivity contribution < 1.29 is 0 Å². The van der Waals surface area contributed by atoms with E-state index in [0.29, 0.717) is 6.54 Å². The van der Waals surface area contributed by atoms with Gasteiger partial charge in [-0.15, -0.1) is 0 Å². The SMILES string of the molecule is CSCc1ncc(CN)cn1. The zero-order valence-electron chi connectivity index (χ0n) is 6.45. The number of thioether (sulfide) groups is 1. The van der Waals surface area contributed by atoms with E-state index >= 15 is 0 Å². The van der Waals surface area contributed by atoms with Crippen LogP contribution in [0.2, 0.25) is 0 Å². The summed E-state index contributed by atoms with van der Waals surface area (Å²) in [6, 6.07) is 0. The Morgan fingerprint density at radius 3 is 2.55 bits per heavy atom. The molecule has 1 rings (SSSR count). The van der Waals surface area contributed by atoms with E-state index in [1.807, 2.05) is 6.26 Å². The zero-order valence-corrected chi connectivity index (χ0v) is 7.27. The molecule has 2 N–H and O–H groups in total. The highest BCUT2D eigenvalue weighted by Gasteiger charge is 1.93. The van der Waals surface area contributed by atoms with Crippen LogP contribution in [-0.2, 0) is 12.3 Å². The van der Waals surface area contributed by atoms with Gasteiger partial charge < -0.3 is 5.73 Å². The van der Waals surface area contributed by atoms with Crippen molar-refractivity contribution >= 4 is 11.8 Å². The third kappa shape index (κ3) is 2.48. The summed E-state index contributed by atoms with van der Waals surface area (Å²) in [7, 11) is 0. The molecule has 0 radical (unpaired) electrons. The standard InChI is InChI=1S/C7H11N3S/c1-11-5-7-9-3-6(2-8)4-10-7/h3-4H,2,5,8H2,1H3. The number of hydrogen-bond donors (Lipinski definition) is 1. The first-order chi connectivity index (χ1) is 5.36. The molecule has 0 atom stereocenters. The van der Waals surface area contributed by atoms with Gasteiger partial charge in [-0.1, -0.05) is 0 Å². The van der Waals surface area contributed by atoms with Gasteiger partial charge in [0.1, 0.15) is 5.82 Å². The summed E-state index contributed by atoms with van der Waals surface area (Å²) in [5.41, 5.74) is 6.37. The number of nitrogens with two attached hydrogens (primary N) is 1. The van der Waals surface area contributed by atoms with Crippen molar-refractivity contribution in [2.75, 3.05) is 6.26 Å². The van der Waals surface area contributed by atoms with Gasteiger partial charge in [-0.2, -0.15) is 11.8 Å². The highest BCUT2D eigenvalue weighted by atomic mass is 32.2. The summed E-state index contributed by atoms with van der Waals surface area (Å²) >= 11 is 1.71. The lowest BCUT2D eigenvalue weighted by molar-refractivity contribution is 0.961. The molecule has 0 fully saturated rings. The van der Waals surface area contributed by atoms with Crippen molar-refractivity contribution in [2.45, 2.75) is 12.3 Å². The molecule has 3 nitrogen and oxygen atoms in total. The van der Waals surface area contributed by atoms with Crippen molar-refractivity contribution in [3.63, 3.8) is 0 Å². The molecule has 11 heavy (non-hydrogen) atoms. The lowest BCUT2D eigenvalue weighted by Gasteiger charge is -1.97. The van der Waals surface area contributed by atoms with Gasteiger partial charge in [-0.05, 0) is 6.26 Å². The van der Waals surface area contributed by atoms with E-state index in [2.05, 4.69) is 9.97 Å². The molecule has 1 aromatic heterocycles. The highest BCUT2D eigenvalue weighted by molar-refractivity contribution is 7.97. The maximum absolute atomic E-state index is 5.39. The Kier molecular flexibility index (Phi) is 3.32. The molecule has 0 aromatic carbocycles. The molecule has 0 aliphatic rings. The number of nitrogens with zero attached hydrogens (tertiary/aromatic N) is 2. The summed E-state index contributed by atoms with van der Waals surface area (Å²) in [5, 5.41) is 0. The molecule has 0 saturated heterocycles. The Balaban J connectivity index is 2.66. The molecule has 60 valence electrons. The van der Waals surface area contributed by atoms with Crippen LogP contribution in [0.4, 0.5) is 0 Å². The van der Waals surface area contributed by atoms with E-state index in [1.54, 1.807) is 24.2 Å². The van der Waals surface area contributed by atoms with Crippen LogP contribution in [-0.4, -0.2) is 16.2 Å². The Hall–Kier alpha value is -0.610. The van der Waals surface area contributed by atoms with Gasteiger partial charge in [-0.3, -0.25) is 0 Å². The quantitative estimate of drug-likeness (QED) is 0.727. The van der Waals surface area contributed by atoms with Gasteiger partial charge in [0.15, 0.2) is 0 Å². The molecule has 0 amide bonds. The van der Waals surface area contributed by atoms with Crippen LogP contribution in [0.3, 0.4) is 0 Å². The van der Waals surface area contributed by atoms with E-state index < -0.39 is 0 Å². The number of rotatable bonds is 3. The fraction of sp³-hybridized carbons (Fsp3) is 0.429. The predicted octanol–water partition coefficient (Wildman–Crippen LogP) is 0.798. The van der Waals surface area contributed by atoms with E-state index in [4.69, 9.17) is 5.73 Å². The average molecular weight is 169 g/mol. The van der Waals surface area contributed by atoms with Crippen LogP contribution in [0, 0.1) is 0 Å². The molecule has 0 aliphatic heterocycles. The van der Waals surface area contributed by atoms with E-state index in [0.717, 1.165) is 17.1 Å². The van der Waals surface area contributed by atoms with Crippen LogP contribution in [0.5, 0.6) is 0 Å². The molecule has 0 saturated carbocycles. The first-order valence-corrected chi connectivity index (χ1v) is 4.75. The zero-order chi connectivity index (χ0) is 8.10.